The number of methoxy groups -OCH3 is 1. The third-order valence-electron chi connectivity index (χ3n) is 3.35. The third-order valence-corrected chi connectivity index (χ3v) is 3.59. The van der Waals surface area contributed by atoms with E-state index >= 15 is 0 Å². The van der Waals surface area contributed by atoms with Crippen LogP contribution in [0.25, 0.3) is 0 Å². The molecule has 134 valence electrons. The van der Waals surface area contributed by atoms with Gasteiger partial charge in [0, 0.05) is 18.0 Å². The quantitative estimate of drug-likeness (QED) is 0.721. The minimum atomic E-state index is -0.129. The number of amides is 1. The zero-order valence-corrected chi connectivity index (χ0v) is 15.4. The van der Waals surface area contributed by atoms with E-state index in [4.69, 9.17) is 21.1 Å². The van der Waals surface area contributed by atoms with E-state index < -0.39 is 0 Å². The van der Waals surface area contributed by atoms with Gasteiger partial charge in [0.15, 0.2) is 0 Å². The summed E-state index contributed by atoms with van der Waals surface area (Å²) >= 11 is 5.97. The first kappa shape index (κ1) is 18.9. The Bertz CT molecular complexity index is 720. The van der Waals surface area contributed by atoms with Crippen molar-refractivity contribution in [2.45, 2.75) is 26.4 Å². The predicted octanol–water partition coefficient (Wildman–Crippen LogP) is 4.58. The van der Waals surface area contributed by atoms with Gasteiger partial charge in [-0.25, -0.2) is 0 Å². The second-order valence-corrected chi connectivity index (χ2v) is 6.17. The van der Waals surface area contributed by atoms with Gasteiger partial charge < -0.3 is 20.1 Å². The summed E-state index contributed by atoms with van der Waals surface area (Å²) < 4.78 is 11.0. The lowest BCUT2D eigenvalue weighted by molar-refractivity contribution is -0.116. The van der Waals surface area contributed by atoms with Gasteiger partial charge in [0.25, 0.3) is 0 Å². The van der Waals surface area contributed by atoms with Gasteiger partial charge in [-0.2, -0.15) is 0 Å². The first-order chi connectivity index (χ1) is 12.0. The van der Waals surface area contributed by atoms with Crippen LogP contribution in [0, 0.1) is 0 Å². The van der Waals surface area contributed by atoms with E-state index in [1.165, 1.54) is 0 Å². The number of nitrogens with one attached hydrogen (secondary N) is 2. The number of rotatable bonds is 8. The summed E-state index contributed by atoms with van der Waals surface area (Å²) in [4.78, 5) is 12.2. The summed E-state index contributed by atoms with van der Waals surface area (Å²) in [6.45, 7) is 4.43. The van der Waals surface area contributed by atoms with Crippen LogP contribution in [0.3, 0.4) is 0 Å². The molecule has 6 heteroatoms. The van der Waals surface area contributed by atoms with E-state index in [2.05, 4.69) is 10.6 Å². The van der Waals surface area contributed by atoms with Gasteiger partial charge in [0.1, 0.15) is 11.5 Å². The van der Waals surface area contributed by atoms with Crippen molar-refractivity contribution >= 4 is 28.9 Å². The fourth-order valence-corrected chi connectivity index (χ4v) is 2.44. The lowest BCUT2D eigenvalue weighted by Gasteiger charge is -2.15. The van der Waals surface area contributed by atoms with E-state index in [9.17, 15) is 4.79 Å². The molecule has 0 aliphatic rings. The highest BCUT2D eigenvalue weighted by molar-refractivity contribution is 6.31. The van der Waals surface area contributed by atoms with Crippen LogP contribution >= 0.6 is 11.6 Å². The molecule has 2 N–H and O–H groups in total. The Balaban J connectivity index is 1.90. The lowest BCUT2D eigenvalue weighted by atomic mass is 10.2. The highest BCUT2D eigenvalue weighted by atomic mass is 35.5. The summed E-state index contributed by atoms with van der Waals surface area (Å²) in [5.41, 5.74) is 1.42. The smallest absolute Gasteiger partial charge is 0.226 e. The highest BCUT2D eigenvalue weighted by Gasteiger charge is 2.09. The summed E-state index contributed by atoms with van der Waals surface area (Å²) in [6.07, 6.45) is 0.382. The van der Waals surface area contributed by atoms with Crippen molar-refractivity contribution in [2.24, 2.45) is 0 Å². The second-order valence-electron chi connectivity index (χ2n) is 5.73. The standard InChI is InChI=1S/C19H23ClN2O3/c1-13(2)25-18-7-5-4-6-15(18)21-11-10-19(23)22-16-12-14(20)8-9-17(16)24-3/h4-9,12-13,21H,10-11H2,1-3H3,(H,22,23). The average Bonchev–Trinajstić information content (AvgIpc) is 2.56. The molecule has 0 unspecified atom stereocenters. The van der Waals surface area contributed by atoms with E-state index in [0.29, 0.717) is 29.4 Å². The number of carbonyl (C=O) groups excluding carboxylic acids is 1. The van der Waals surface area contributed by atoms with Gasteiger partial charge in [-0.1, -0.05) is 23.7 Å². The van der Waals surface area contributed by atoms with Gasteiger partial charge in [0.05, 0.1) is 24.6 Å². The van der Waals surface area contributed by atoms with Gasteiger partial charge in [-0.15, -0.1) is 0 Å². The van der Waals surface area contributed by atoms with Crippen molar-refractivity contribution in [2.75, 3.05) is 24.3 Å². The fraction of sp³-hybridized carbons (Fsp3) is 0.316. The molecule has 2 aromatic carbocycles. The van der Waals surface area contributed by atoms with Crippen LogP contribution in [0.2, 0.25) is 5.02 Å². The molecular weight excluding hydrogens is 340 g/mol. The summed E-state index contributed by atoms with van der Waals surface area (Å²) in [5, 5.41) is 6.58. The molecule has 5 nitrogen and oxygen atoms in total. The van der Waals surface area contributed by atoms with Crippen LogP contribution in [0.4, 0.5) is 11.4 Å². The van der Waals surface area contributed by atoms with E-state index in [1.807, 2.05) is 38.1 Å². The molecule has 2 rings (SSSR count). The topological polar surface area (TPSA) is 59.6 Å². The number of halogens is 1. The van der Waals surface area contributed by atoms with Crippen molar-refractivity contribution < 1.29 is 14.3 Å². The number of hydrogen-bond donors (Lipinski definition) is 2. The van der Waals surface area contributed by atoms with Crippen LogP contribution in [-0.2, 0) is 4.79 Å². The van der Waals surface area contributed by atoms with E-state index in [0.717, 1.165) is 11.4 Å². The monoisotopic (exact) mass is 362 g/mol. The molecule has 0 aliphatic heterocycles. The maximum atomic E-state index is 12.2. The Morgan fingerprint density at radius 3 is 2.60 bits per heavy atom. The number of para-hydroxylation sites is 2. The number of anilines is 2. The Hall–Kier alpha value is -2.40. The first-order valence-electron chi connectivity index (χ1n) is 8.12. The minimum Gasteiger partial charge on any atom is -0.495 e. The average molecular weight is 363 g/mol. The van der Waals surface area contributed by atoms with Crippen LogP contribution < -0.4 is 20.1 Å². The Morgan fingerprint density at radius 1 is 1.12 bits per heavy atom. The maximum Gasteiger partial charge on any atom is 0.226 e. The zero-order valence-electron chi connectivity index (χ0n) is 14.6. The van der Waals surface area contributed by atoms with Crippen molar-refractivity contribution in [1.82, 2.24) is 0 Å². The largest absolute Gasteiger partial charge is 0.495 e. The molecule has 0 radical (unpaired) electrons. The first-order valence-corrected chi connectivity index (χ1v) is 8.50. The maximum absolute atomic E-state index is 12.2. The van der Waals surface area contributed by atoms with Gasteiger partial charge in [-0.05, 0) is 44.2 Å². The van der Waals surface area contributed by atoms with Gasteiger partial charge in [-0.3, -0.25) is 4.79 Å². The molecule has 0 aliphatic carbocycles. The summed E-state index contributed by atoms with van der Waals surface area (Å²) in [6, 6.07) is 12.8. The Labute approximate surface area is 153 Å². The molecule has 0 fully saturated rings. The highest BCUT2D eigenvalue weighted by Crippen LogP contribution is 2.28. The lowest BCUT2D eigenvalue weighted by Crippen LogP contribution is -2.17. The molecule has 0 saturated heterocycles. The van der Waals surface area contributed by atoms with Crippen LogP contribution in [0.5, 0.6) is 11.5 Å². The van der Waals surface area contributed by atoms with Crippen molar-refractivity contribution in [3.05, 3.63) is 47.5 Å². The molecule has 0 aromatic heterocycles. The molecule has 0 saturated carbocycles. The SMILES string of the molecule is COc1ccc(Cl)cc1NC(=O)CCNc1ccccc1OC(C)C. The van der Waals surface area contributed by atoms with Crippen LogP contribution in [-0.4, -0.2) is 25.7 Å². The van der Waals surface area contributed by atoms with Gasteiger partial charge in [0.2, 0.25) is 5.91 Å². The Morgan fingerprint density at radius 2 is 1.88 bits per heavy atom. The molecule has 0 heterocycles. The van der Waals surface area contributed by atoms with Crippen LogP contribution in [0.15, 0.2) is 42.5 Å². The molecule has 2 aromatic rings. The fourth-order valence-electron chi connectivity index (χ4n) is 2.27. The van der Waals surface area contributed by atoms with Gasteiger partial charge >= 0.3 is 0 Å². The normalized spacial score (nSPS) is 10.4. The second kappa shape index (κ2) is 9.18. The number of carbonyl (C=O) groups is 1. The number of ether oxygens (including phenoxy) is 2. The minimum absolute atomic E-state index is 0.0848. The van der Waals surface area contributed by atoms with Crippen molar-refractivity contribution in [3.63, 3.8) is 0 Å². The molecule has 25 heavy (non-hydrogen) atoms. The summed E-state index contributed by atoms with van der Waals surface area (Å²) in [7, 11) is 1.55. The molecule has 1 amide bonds. The summed E-state index contributed by atoms with van der Waals surface area (Å²) in [5.74, 6) is 1.21. The zero-order chi connectivity index (χ0) is 18.2. The number of hydrogen-bond acceptors (Lipinski definition) is 4. The van der Waals surface area contributed by atoms with E-state index in [-0.39, 0.29) is 12.0 Å². The van der Waals surface area contributed by atoms with Crippen molar-refractivity contribution in [3.8, 4) is 11.5 Å². The van der Waals surface area contributed by atoms with Crippen LogP contribution in [0.1, 0.15) is 20.3 Å². The van der Waals surface area contributed by atoms with Crippen molar-refractivity contribution in [1.29, 1.82) is 0 Å². The third kappa shape index (κ3) is 5.87. The number of benzene rings is 2. The van der Waals surface area contributed by atoms with E-state index in [1.54, 1.807) is 25.3 Å². The molecule has 0 spiro atoms. The molecule has 0 atom stereocenters. The Kier molecular flexibility index (Phi) is 6.95. The predicted molar refractivity (Wildman–Crippen MR) is 102 cm³/mol. The molecule has 0 bridgehead atoms. The molecular formula is C19H23ClN2O3.